The third-order valence-electron chi connectivity index (χ3n) is 3.48. The summed E-state index contributed by atoms with van der Waals surface area (Å²) in [4.78, 5) is 24.9. The first-order valence-electron chi connectivity index (χ1n) is 7.89. The lowest BCUT2D eigenvalue weighted by Crippen LogP contribution is -2.32. The van der Waals surface area contributed by atoms with Crippen molar-refractivity contribution in [1.29, 1.82) is 0 Å². The third kappa shape index (κ3) is 6.44. The van der Waals surface area contributed by atoms with Gasteiger partial charge in [0.1, 0.15) is 5.25 Å². The summed E-state index contributed by atoms with van der Waals surface area (Å²) in [6, 6.07) is 16.7. The van der Waals surface area contributed by atoms with Gasteiger partial charge in [-0.25, -0.2) is 0 Å². The zero-order chi connectivity index (χ0) is 18.2. The number of nitrogens with one attached hydrogen (secondary N) is 1. The van der Waals surface area contributed by atoms with Crippen molar-refractivity contribution in [2.75, 3.05) is 6.61 Å². The maximum absolute atomic E-state index is 12.0. The number of thioether (sulfide) groups is 1. The molecule has 25 heavy (non-hydrogen) atoms. The maximum Gasteiger partial charge on any atom is 0.319 e. The molecular formula is C19H20ClNO3S. The zero-order valence-corrected chi connectivity index (χ0v) is 15.6. The summed E-state index contributed by atoms with van der Waals surface area (Å²) in [5, 5.41) is 3.03. The van der Waals surface area contributed by atoms with Gasteiger partial charge in [-0.2, -0.15) is 0 Å². The Kier molecular flexibility index (Phi) is 7.34. The molecule has 1 amide bonds. The largest absolute Gasteiger partial charge is 0.455 e. The molecule has 0 unspecified atom stereocenters. The minimum atomic E-state index is -0.428. The van der Waals surface area contributed by atoms with E-state index in [1.807, 2.05) is 49.4 Å². The summed E-state index contributed by atoms with van der Waals surface area (Å²) in [6.07, 6.45) is 0. The second-order valence-corrected chi connectivity index (χ2v) is 7.37. The van der Waals surface area contributed by atoms with Crippen LogP contribution in [0.15, 0.2) is 59.5 Å². The van der Waals surface area contributed by atoms with Crippen molar-refractivity contribution in [3.8, 4) is 0 Å². The van der Waals surface area contributed by atoms with Crippen LogP contribution in [0, 0.1) is 0 Å². The fraction of sp³-hybridized carbons (Fsp3) is 0.263. The smallest absolute Gasteiger partial charge is 0.319 e. The second-order valence-electron chi connectivity index (χ2n) is 5.52. The zero-order valence-electron chi connectivity index (χ0n) is 14.1. The highest BCUT2D eigenvalue weighted by atomic mass is 35.5. The van der Waals surface area contributed by atoms with Crippen LogP contribution in [-0.2, 0) is 14.3 Å². The molecular weight excluding hydrogens is 358 g/mol. The Morgan fingerprint density at radius 1 is 1.08 bits per heavy atom. The Labute approximate surface area is 156 Å². The molecule has 0 aliphatic heterocycles. The Morgan fingerprint density at radius 2 is 1.72 bits per heavy atom. The summed E-state index contributed by atoms with van der Waals surface area (Å²) in [5.74, 6) is -0.754. The van der Waals surface area contributed by atoms with Crippen molar-refractivity contribution in [3.63, 3.8) is 0 Å². The van der Waals surface area contributed by atoms with Crippen LogP contribution in [-0.4, -0.2) is 23.7 Å². The lowest BCUT2D eigenvalue weighted by Gasteiger charge is -2.15. The van der Waals surface area contributed by atoms with Crippen LogP contribution in [0.5, 0.6) is 0 Å². The van der Waals surface area contributed by atoms with E-state index in [2.05, 4.69) is 5.32 Å². The number of amides is 1. The number of halogens is 1. The number of esters is 1. The van der Waals surface area contributed by atoms with Gasteiger partial charge in [0, 0.05) is 9.92 Å². The molecule has 0 saturated heterocycles. The lowest BCUT2D eigenvalue weighted by molar-refractivity contribution is -0.147. The molecule has 0 fully saturated rings. The predicted molar refractivity (Wildman–Crippen MR) is 101 cm³/mol. The van der Waals surface area contributed by atoms with Crippen LogP contribution >= 0.6 is 23.4 Å². The van der Waals surface area contributed by atoms with E-state index in [0.717, 1.165) is 10.5 Å². The molecule has 0 aliphatic carbocycles. The summed E-state index contributed by atoms with van der Waals surface area (Å²) in [7, 11) is 0. The van der Waals surface area contributed by atoms with Crippen LogP contribution in [0.25, 0.3) is 0 Å². The van der Waals surface area contributed by atoms with Crippen molar-refractivity contribution in [2.24, 2.45) is 0 Å². The topological polar surface area (TPSA) is 55.4 Å². The average molecular weight is 378 g/mol. The molecule has 0 saturated carbocycles. The number of rotatable bonds is 7. The van der Waals surface area contributed by atoms with Crippen LogP contribution in [0.1, 0.15) is 25.5 Å². The summed E-state index contributed by atoms with van der Waals surface area (Å²) in [6.45, 7) is 3.34. The van der Waals surface area contributed by atoms with E-state index in [9.17, 15) is 9.59 Å². The van der Waals surface area contributed by atoms with Gasteiger partial charge in [0.2, 0.25) is 0 Å². The fourth-order valence-electron chi connectivity index (χ4n) is 2.13. The van der Waals surface area contributed by atoms with Crippen LogP contribution in [0.3, 0.4) is 0 Å². The Bertz CT molecular complexity index is 706. The Hall–Kier alpha value is -1.98. The van der Waals surface area contributed by atoms with E-state index in [1.165, 1.54) is 11.8 Å². The standard InChI is InChI=1S/C19H20ClNO3S/c1-13(15-6-4-3-5-7-15)21-18(22)12-24-19(23)14(2)25-17-10-8-16(20)9-11-17/h3-11,13-14H,12H2,1-2H3,(H,21,22)/t13-,14-/m0/s1. The van der Waals surface area contributed by atoms with E-state index in [1.54, 1.807) is 19.1 Å². The third-order valence-corrected chi connectivity index (χ3v) is 4.82. The maximum atomic E-state index is 12.0. The first-order valence-corrected chi connectivity index (χ1v) is 9.14. The van der Waals surface area contributed by atoms with Crippen LogP contribution in [0.2, 0.25) is 5.02 Å². The van der Waals surface area contributed by atoms with E-state index >= 15 is 0 Å². The first-order chi connectivity index (χ1) is 12.0. The quantitative estimate of drug-likeness (QED) is 0.579. The number of benzene rings is 2. The van der Waals surface area contributed by atoms with Gasteiger partial charge in [-0.1, -0.05) is 41.9 Å². The van der Waals surface area contributed by atoms with E-state index in [4.69, 9.17) is 16.3 Å². The molecule has 4 nitrogen and oxygen atoms in total. The number of ether oxygens (including phenoxy) is 1. The molecule has 0 bridgehead atoms. The van der Waals surface area contributed by atoms with Gasteiger partial charge in [0.25, 0.3) is 5.91 Å². The molecule has 0 aliphatic rings. The SMILES string of the molecule is C[C@H](Sc1ccc(Cl)cc1)C(=O)OCC(=O)N[C@@H](C)c1ccccc1. The minimum absolute atomic E-state index is 0.145. The predicted octanol–water partition coefficient (Wildman–Crippen LogP) is 4.24. The van der Waals surface area contributed by atoms with Gasteiger partial charge in [-0.15, -0.1) is 11.8 Å². The van der Waals surface area contributed by atoms with Gasteiger partial charge in [-0.05, 0) is 43.7 Å². The Balaban J connectivity index is 1.76. The van der Waals surface area contributed by atoms with Crippen molar-refractivity contribution in [2.45, 2.75) is 30.0 Å². The highest BCUT2D eigenvalue weighted by Crippen LogP contribution is 2.25. The molecule has 1 N–H and O–H groups in total. The van der Waals surface area contributed by atoms with Crippen LogP contribution in [0.4, 0.5) is 0 Å². The molecule has 2 aromatic rings. The van der Waals surface area contributed by atoms with Crippen LogP contribution < -0.4 is 5.32 Å². The molecule has 6 heteroatoms. The summed E-state index contributed by atoms with van der Waals surface area (Å²) >= 11 is 7.19. The minimum Gasteiger partial charge on any atom is -0.455 e. The number of carbonyl (C=O) groups excluding carboxylic acids is 2. The van der Waals surface area contributed by atoms with E-state index in [0.29, 0.717) is 5.02 Å². The molecule has 132 valence electrons. The van der Waals surface area contributed by atoms with Crippen molar-refractivity contribution >= 4 is 35.2 Å². The van der Waals surface area contributed by atoms with E-state index < -0.39 is 11.2 Å². The van der Waals surface area contributed by atoms with Gasteiger partial charge in [0.15, 0.2) is 6.61 Å². The van der Waals surface area contributed by atoms with Crippen molar-refractivity contribution in [1.82, 2.24) is 5.32 Å². The number of hydrogen-bond acceptors (Lipinski definition) is 4. The van der Waals surface area contributed by atoms with E-state index in [-0.39, 0.29) is 18.6 Å². The number of carbonyl (C=O) groups is 2. The molecule has 2 aromatic carbocycles. The van der Waals surface area contributed by atoms with Gasteiger partial charge in [-0.3, -0.25) is 9.59 Å². The highest BCUT2D eigenvalue weighted by Gasteiger charge is 2.18. The van der Waals surface area contributed by atoms with Gasteiger partial charge >= 0.3 is 5.97 Å². The second kappa shape index (κ2) is 9.49. The fourth-order valence-corrected chi connectivity index (χ4v) is 3.12. The molecule has 0 spiro atoms. The van der Waals surface area contributed by atoms with Gasteiger partial charge in [0.05, 0.1) is 6.04 Å². The molecule has 2 rings (SSSR count). The highest BCUT2D eigenvalue weighted by molar-refractivity contribution is 8.00. The average Bonchev–Trinajstić information content (AvgIpc) is 2.62. The molecule has 0 radical (unpaired) electrons. The van der Waals surface area contributed by atoms with Crippen molar-refractivity contribution in [3.05, 3.63) is 65.2 Å². The molecule has 2 atom stereocenters. The molecule has 0 heterocycles. The number of hydrogen-bond donors (Lipinski definition) is 1. The Morgan fingerprint density at radius 3 is 2.36 bits per heavy atom. The summed E-state index contributed by atoms with van der Waals surface area (Å²) in [5.41, 5.74) is 0.994. The van der Waals surface area contributed by atoms with Gasteiger partial charge < -0.3 is 10.1 Å². The van der Waals surface area contributed by atoms with Crippen molar-refractivity contribution < 1.29 is 14.3 Å². The first kappa shape index (κ1) is 19.3. The normalized spacial score (nSPS) is 12.9. The lowest BCUT2D eigenvalue weighted by atomic mass is 10.1. The summed E-state index contributed by atoms with van der Waals surface area (Å²) < 4.78 is 5.10. The molecule has 0 aromatic heterocycles. The monoisotopic (exact) mass is 377 g/mol.